The van der Waals surface area contributed by atoms with E-state index in [1.54, 1.807) is 24.3 Å². The van der Waals surface area contributed by atoms with Gasteiger partial charge < -0.3 is 20.5 Å². The van der Waals surface area contributed by atoms with E-state index in [2.05, 4.69) is 10.2 Å². The molecule has 1 saturated heterocycles. The molecule has 0 saturated carbocycles. The molecular formula is C22H27N3O4. The minimum atomic E-state index is -1.03. The number of hydrogen-bond donors (Lipinski definition) is 2. The van der Waals surface area contributed by atoms with Crippen molar-refractivity contribution in [1.29, 1.82) is 0 Å². The molecule has 0 spiro atoms. The molecule has 0 aromatic heterocycles. The number of primary amides is 1. The minimum absolute atomic E-state index is 0.385. The summed E-state index contributed by atoms with van der Waals surface area (Å²) in [6, 6.07) is 16.7. The van der Waals surface area contributed by atoms with Gasteiger partial charge >= 0.3 is 0 Å². The highest BCUT2D eigenvalue weighted by Crippen LogP contribution is 2.20. The van der Waals surface area contributed by atoms with Crippen LogP contribution in [0.3, 0.4) is 0 Å². The maximum absolute atomic E-state index is 12.5. The molecule has 3 rings (SSSR count). The van der Waals surface area contributed by atoms with Gasteiger partial charge in [-0.3, -0.25) is 14.5 Å². The van der Waals surface area contributed by atoms with Crippen molar-refractivity contribution in [3.8, 4) is 5.75 Å². The van der Waals surface area contributed by atoms with E-state index in [4.69, 9.17) is 15.2 Å². The average molecular weight is 397 g/mol. The number of rotatable bonds is 9. The Kier molecular flexibility index (Phi) is 7.61. The lowest BCUT2D eigenvalue weighted by Crippen LogP contribution is -2.43. The van der Waals surface area contributed by atoms with Crippen molar-refractivity contribution in [3.63, 3.8) is 0 Å². The van der Waals surface area contributed by atoms with E-state index < -0.39 is 11.8 Å². The van der Waals surface area contributed by atoms with Crippen LogP contribution in [0.4, 0.5) is 0 Å². The highest BCUT2D eigenvalue weighted by atomic mass is 16.5. The molecule has 2 aromatic carbocycles. The monoisotopic (exact) mass is 397 g/mol. The van der Waals surface area contributed by atoms with Crippen LogP contribution in [0.2, 0.25) is 0 Å². The van der Waals surface area contributed by atoms with E-state index in [0.29, 0.717) is 44.2 Å². The Morgan fingerprint density at radius 2 is 1.76 bits per heavy atom. The molecule has 1 fully saturated rings. The summed E-state index contributed by atoms with van der Waals surface area (Å²) in [6.07, 6.45) is 0. The third-order valence-corrected chi connectivity index (χ3v) is 4.84. The molecule has 2 amide bonds. The highest BCUT2D eigenvalue weighted by Gasteiger charge is 2.26. The van der Waals surface area contributed by atoms with Crippen LogP contribution in [0.15, 0.2) is 54.6 Å². The van der Waals surface area contributed by atoms with E-state index in [-0.39, 0.29) is 5.91 Å². The summed E-state index contributed by atoms with van der Waals surface area (Å²) in [4.78, 5) is 26.7. The first kappa shape index (κ1) is 20.8. The minimum Gasteiger partial charge on any atom is -0.489 e. The lowest BCUT2D eigenvalue weighted by atomic mass is 9.97. The number of benzene rings is 2. The molecule has 1 aliphatic rings. The third-order valence-electron chi connectivity index (χ3n) is 4.84. The Bertz CT molecular complexity index is 789. The zero-order valence-corrected chi connectivity index (χ0v) is 16.4. The number of amides is 2. The van der Waals surface area contributed by atoms with Crippen molar-refractivity contribution in [2.24, 2.45) is 5.73 Å². The molecular weight excluding hydrogens is 370 g/mol. The van der Waals surface area contributed by atoms with Crippen molar-refractivity contribution >= 4 is 11.8 Å². The van der Waals surface area contributed by atoms with E-state index in [1.807, 2.05) is 30.3 Å². The summed E-state index contributed by atoms with van der Waals surface area (Å²) in [5.74, 6) is -1.42. The predicted molar refractivity (Wildman–Crippen MR) is 109 cm³/mol. The molecule has 1 aliphatic heterocycles. The summed E-state index contributed by atoms with van der Waals surface area (Å²) in [6.45, 7) is 4.72. The Labute approximate surface area is 170 Å². The second-order valence-corrected chi connectivity index (χ2v) is 6.92. The molecule has 1 heterocycles. The van der Waals surface area contributed by atoms with Gasteiger partial charge in [0.2, 0.25) is 11.8 Å². The lowest BCUT2D eigenvalue weighted by Gasteiger charge is -2.26. The summed E-state index contributed by atoms with van der Waals surface area (Å²) in [5, 5.41) is 2.82. The number of hydrogen-bond acceptors (Lipinski definition) is 5. The predicted octanol–water partition coefficient (Wildman–Crippen LogP) is 1.28. The first-order chi connectivity index (χ1) is 14.1. The number of carbonyl (C=O) groups excluding carboxylic acids is 2. The Balaban J connectivity index is 1.53. The van der Waals surface area contributed by atoms with Crippen molar-refractivity contribution in [2.75, 3.05) is 39.4 Å². The molecule has 154 valence electrons. The molecule has 29 heavy (non-hydrogen) atoms. The lowest BCUT2D eigenvalue weighted by molar-refractivity contribution is -0.130. The van der Waals surface area contributed by atoms with Gasteiger partial charge in [0.15, 0.2) is 0 Å². The SMILES string of the molecule is NC(=O)C(C(=O)NCCN1CCOCC1)c1ccc(OCc2ccccc2)cc1. The van der Waals surface area contributed by atoms with E-state index >= 15 is 0 Å². The van der Waals surface area contributed by atoms with Gasteiger partial charge in [-0.15, -0.1) is 0 Å². The van der Waals surface area contributed by atoms with Gasteiger partial charge in [-0.05, 0) is 23.3 Å². The first-order valence-corrected chi connectivity index (χ1v) is 9.77. The van der Waals surface area contributed by atoms with Crippen molar-refractivity contribution in [1.82, 2.24) is 10.2 Å². The summed E-state index contributed by atoms with van der Waals surface area (Å²) in [5.41, 5.74) is 7.11. The molecule has 0 bridgehead atoms. The molecule has 0 aliphatic carbocycles. The Morgan fingerprint density at radius 1 is 1.07 bits per heavy atom. The number of nitrogens with one attached hydrogen (secondary N) is 1. The van der Waals surface area contributed by atoms with Gasteiger partial charge in [0, 0.05) is 26.2 Å². The van der Waals surface area contributed by atoms with Gasteiger partial charge in [-0.1, -0.05) is 42.5 Å². The van der Waals surface area contributed by atoms with Crippen LogP contribution >= 0.6 is 0 Å². The second kappa shape index (κ2) is 10.6. The largest absolute Gasteiger partial charge is 0.489 e. The fraction of sp³-hybridized carbons (Fsp3) is 0.364. The molecule has 0 radical (unpaired) electrons. The van der Waals surface area contributed by atoms with Crippen LogP contribution < -0.4 is 15.8 Å². The van der Waals surface area contributed by atoms with Crippen LogP contribution in [0.1, 0.15) is 17.0 Å². The van der Waals surface area contributed by atoms with Gasteiger partial charge in [0.05, 0.1) is 13.2 Å². The number of carbonyl (C=O) groups is 2. The smallest absolute Gasteiger partial charge is 0.237 e. The maximum Gasteiger partial charge on any atom is 0.237 e. The van der Waals surface area contributed by atoms with Crippen LogP contribution in [0, 0.1) is 0 Å². The zero-order chi connectivity index (χ0) is 20.5. The van der Waals surface area contributed by atoms with Crippen molar-refractivity contribution in [3.05, 3.63) is 65.7 Å². The van der Waals surface area contributed by atoms with Crippen LogP contribution in [-0.2, 0) is 20.9 Å². The van der Waals surface area contributed by atoms with Gasteiger partial charge in [-0.2, -0.15) is 0 Å². The summed E-state index contributed by atoms with van der Waals surface area (Å²) >= 11 is 0. The van der Waals surface area contributed by atoms with Crippen LogP contribution in [-0.4, -0.2) is 56.1 Å². The molecule has 3 N–H and O–H groups in total. The van der Waals surface area contributed by atoms with E-state index in [9.17, 15) is 9.59 Å². The van der Waals surface area contributed by atoms with Crippen molar-refractivity contribution in [2.45, 2.75) is 12.5 Å². The summed E-state index contributed by atoms with van der Waals surface area (Å²) in [7, 11) is 0. The van der Waals surface area contributed by atoms with Crippen LogP contribution in [0.5, 0.6) is 5.75 Å². The number of ether oxygens (including phenoxy) is 2. The van der Waals surface area contributed by atoms with Crippen molar-refractivity contribution < 1.29 is 19.1 Å². The van der Waals surface area contributed by atoms with E-state index in [1.165, 1.54) is 0 Å². The molecule has 7 nitrogen and oxygen atoms in total. The normalized spacial score (nSPS) is 15.4. The molecule has 1 unspecified atom stereocenters. The summed E-state index contributed by atoms with van der Waals surface area (Å²) < 4.78 is 11.1. The number of nitrogens with two attached hydrogens (primary N) is 1. The second-order valence-electron chi connectivity index (χ2n) is 6.92. The molecule has 2 aromatic rings. The van der Waals surface area contributed by atoms with Gasteiger partial charge in [0.1, 0.15) is 18.3 Å². The fourth-order valence-electron chi connectivity index (χ4n) is 3.21. The zero-order valence-electron chi connectivity index (χ0n) is 16.4. The molecule has 1 atom stereocenters. The topological polar surface area (TPSA) is 93.9 Å². The highest BCUT2D eigenvalue weighted by molar-refractivity contribution is 6.05. The van der Waals surface area contributed by atoms with Crippen LogP contribution in [0.25, 0.3) is 0 Å². The standard InChI is InChI=1S/C22H27N3O4/c23-21(26)20(22(27)24-10-11-25-12-14-28-15-13-25)18-6-8-19(9-7-18)29-16-17-4-2-1-3-5-17/h1-9,20H,10-16H2,(H2,23,26)(H,24,27). The van der Waals surface area contributed by atoms with E-state index in [0.717, 1.165) is 18.7 Å². The Morgan fingerprint density at radius 3 is 2.41 bits per heavy atom. The Hall–Kier alpha value is -2.90. The third kappa shape index (κ3) is 6.30. The average Bonchev–Trinajstić information content (AvgIpc) is 2.74. The maximum atomic E-state index is 12.5. The quantitative estimate of drug-likeness (QED) is 0.622. The number of nitrogens with zero attached hydrogens (tertiary/aromatic N) is 1. The molecule has 7 heteroatoms. The first-order valence-electron chi connectivity index (χ1n) is 9.77. The fourth-order valence-corrected chi connectivity index (χ4v) is 3.21. The van der Waals surface area contributed by atoms with Gasteiger partial charge in [0.25, 0.3) is 0 Å². The van der Waals surface area contributed by atoms with Gasteiger partial charge in [-0.25, -0.2) is 0 Å². The number of morpholine rings is 1.